The van der Waals surface area contributed by atoms with Crippen molar-refractivity contribution in [2.45, 2.75) is 51.9 Å². The van der Waals surface area contributed by atoms with Crippen molar-refractivity contribution in [3.05, 3.63) is 11.6 Å². The smallest absolute Gasteiger partial charge is 0.309 e. The highest BCUT2D eigenvalue weighted by Crippen LogP contribution is 2.13. The predicted octanol–water partition coefficient (Wildman–Crippen LogP) is 3.04. The van der Waals surface area contributed by atoms with E-state index in [0.29, 0.717) is 19.3 Å². The van der Waals surface area contributed by atoms with Gasteiger partial charge in [0.15, 0.2) is 0 Å². The summed E-state index contributed by atoms with van der Waals surface area (Å²) in [5, 5.41) is 0. The lowest BCUT2D eigenvalue weighted by atomic mass is 10.0. The molecule has 3 heteroatoms. The van der Waals surface area contributed by atoms with Gasteiger partial charge in [-0.25, -0.2) is 0 Å². The molecule has 0 fully saturated rings. The molecule has 0 atom stereocenters. The van der Waals surface area contributed by atoms with Gasteiger partial charge >= 0.3 is 5.97 Å². The van der Waals surface area contributed by atoms with Crippen LogP contribution in [0.2, 0.25) is 0 Å². The zero-order valence-corrected chi connectivity index (χ0v) is 10.3. The average molecular weight is 226 g/mol. The van der Waals surface area contributed by atoms with Gasteiger partial charge in [-0.05, 0) is 19.3 Å². The van der Waals surface area contributed by atoms with Crippen LogP contribution in [-0.2, 0) is 14.3 Å². The molecule has 0 aliphatic carbocycles. The van der Waals surface area contributed by atoms with Crippen LogP contribution in [0.3, 0.4) is 0 Å². The molecule has 0 aliphatic rings. The summed E-state index contributed by atoms with van der Waals surface area (Å²) in [6, 6.07) is 0. The first-order valence-electron chi connectivity index (χ1n) is 5.93. The second-order valence-electron chi connectivity index (χ2n) is 3.82. The minimum absolute atomic E-state index is 0.229. The zero-order valence-electron chi connectivity index (χ0n) is 10.3. The van der Waals surface area contributed by atoms with Gasteiger partial charge in [-0.2, -0.15) is 0 Å². The van der Waals surface area contributed by atoms with Crippen molar-refractivity contribution >= 4 is 12.3 Å². The number of methoxy groups -OCH3 is 1. The Labute approximate surface area is 97.9 Å². The number of carbonyl (C=O) groups is 2. The van der Waals surface area contributed by atoms with E-state index in [9.17, 15) is 9.59 Å². The Hall–Kier alpha value is -1.12. The number of rotatable bonds is 9. The Morgan fingerprint density at radius 3 is 2.56 bits per heavy atom. The fraction of sp³-hybridized carbons (Fsp3) is 0.692. The molecule has 0 spiro atoms. The highest BCUT2D eigenvalue weighted by atomic mass is 16.5. The molecule has 0 aromatic rings. The van der Waals surface area contributed by atoms with E-state index in [0.717, 1.165) is 24.7 Å². The molecule has 0 aromatic heterocycles. The fourth-order valence-corrected chi connectivity index (χ4v) is 1.47. The molecule has 0 amide bonds. The van der Waals surface area contributed by atoms with Crippen molar-refractivity contribution in [1.82, 2.24) is 0 Å². The Morgan fingerprint density at radius 2 is 2.00 bits per heavy atom. The standard InChI is InChI=1S/C13H22O3/c1-3-4-5-6-8-12(9-7-10-14)11-13(15)16-2/h8,10H,3-7,9,11H2,1-2H3/b12-8-. The molecular weight excluding hydrogens is 204 g/mol. The number of aldehydes is 1. The first kappa shape index (κ1) is 14.9. The molecule has 0 N–H and O–H groups in total. The Bertz CT molecular complexity index is 231. The van der Waals surface area contributed by atoms with Crippen LogP contribution in [0, 0.1) is 0 Å². The summed E-state index contributed by atoms with van der Waals surface area (Å²) in [5.41, 5.74) is 1.02. The lowest BCUT2D eigenvalue weighted by molar-refractivity contribution is -0.139. The van der Waals surface area contributed by atoms with E-state index in [1.807, 2.05) is 0 Å². The van der Waals surface area contributed by atoms with Crippen molar-refractivity contribution in [1.29, 1.82) is 0 Å². The van der Waals surface area contributed by atoms with Gasteiger partial charge < -0.3 is 9.53 Å². The van der Waals surface area contributed by atoms with E-state index < -0.39 is 0 Å². The van der Waals surface area contributed by atoms with Crippen LogP contribution in [0.4, 0.5) is 0 Å². The predicted molar refractivity (Wildman–Crippen MR) is 64.2 cm³/mol. The van der Waals surface area contributed by atoms with Gasteiger partial charge in [-0.15, -0.1) is 0 Å². The monoisotopic (exact) mass is 226 g/mol. The van der Waals surface area contributed by atoms with E-state index in [4.69, 9.17) is 0 Å². The molecule has 0 aliphatic heterocycles. The summed E-state index contributed by atoms with van der Waals surface area (Å²) in [4.78, 5) is 21.4. The van der Waals surface area contributed by atoms with Gasteiger partial charge in [0.25, 0.3) is 0 Å². The van der Waals surface area contributed by atoms with Crippen LogP contribution in [-0.4, -0.2) is 19.4 Å². The quantitative estimate of drug-likeness (QED) is 0.263. The maximum atomic E-state index is 11.1. The Balaban J connectivity index is 4.06. The molecule has 0 saturated heterocycles. The lowest BCUT2D eigenvalue weighted by Crippen LogP contribution is -2.02. The minimum atomic E-state index is -0.229. The summed E-state index contributed by atoms with van der Waals surface area (Å²) in [6.07, 6.45) is 8.95. The minimum Gasteiger partial charge on any atom is -0.469 e. The topological polar surface area (TPSA) is 43.4 Å². The molecule has 0 saturated carbocycles. The van der Waals surface area contributed by atoms with Crippen molar-refractivity contribution < 1.29 is 14.3 Å². The van der Waals surface area contributed by atoms with Gasteiger partial charge in [0.05, 0.1) is 13.5 Å². The molecule has 0 bridgehead atoms. The summed E-state index contributed by atoms with van der Waals surface area (Å²) in [5.74, 6) is -0.229. The van der Waals surface area contributed by atoms with Crippen LogP contribution in [0.15, 0.2) is 11.6 Å². The second kappa shape index (κ2) is 10.4. The van der Waals surface area contributed by atoms with E-state index in [1.54, 1.807) is 0 Å². The average Bonchev–Trinajstić information content (AvgIpc) is 2.30. The third-order valence-electron chi connectivity index (χ3n) is 2.42. The maximum Gasteiger partial charge on any atom is 0.309 e. The Morgan fingerprint density at radius 1 is 1.25 bits per heavy atom. The summed E-state index contributed by atoms with van der Waals surface area (Å²) in [6.45, 7) is 2.16. The van der Waals surface area contributed by atoms with E-state index in [2.05, 4.69) is 17.7 Å². The molecule has 3 nitrogen and oxygen atoms in total. The highest BCUT2D eigenvalue weighted by molar-refractivity contribution is 5.72. The summed E-state index contributed by atoms with van der Waals surface area (Å²) >= 11 is 0. The normalized spacial score (nSPS) is 11.2. The largest absolute Gasteiger partial charge is 0.469 e. The first-order valence-corrected chi connectivity index (χ1v) is 5.93. The van der Waals surface area contributed by atoms with Crippen LogP contribution >= 0.6 is 0 Å². The SMILES string of the molecule is CCCCC/C=C(/CCC=O)CC(=O)OC. The van der Waals surface area contributed by atoms with E-state index >= 15 is 0 Å². The van der Waals surface area contributed by atoms with E-state index in [1.165, 1.54) is 20.0 Å². The first-order chi connectivity index (χ1) is 7.74. The van der Waals surface area contributed by atoms with Crippen molar-refractivity contribution in [2.24, 2.45) is 0 Å². The van der Waals surface area contributed by atoms with Gasteiger partial charge in [-0.1, -0.05) is 31.4 Å². The highest BCUT2D eigenvalue weighted by Gasteiger charge is 2.05. The third kappa shape index (κ3) is 8.21. The maximum absolute atomic E-state index is 11.1. The van der Waals surface area contributed by atoms with Gasteiger partial charge in [0.1, 0.15) is 6.29 Å². The van der Waals surface area contributed by atoms with Crippen molar-refractivity contribution in [3.63, 3.8) is 0 Å². The van der Waals surface area contributed by atoms with Gasteiger partial charge in [0, 0.05) is 6.42 Å². The number of hydrogen-bond donors (Lipinski definition) is 0. The number of hydrogen-bond acceptors (Lipinski definition) is 3. The third-order valence-corrected chi connectivity index (χ3v) is 2.42. The Kier molecular flexibility index (Phi) is 9.67. The molecule has 0 unspecified atom stereocenters. The second-order valence-corrected chi connectivity index (χ2v) is 3.82. The van der Waals surface area contributed by atoms with Crippen LogP contribution in [0.5, 0.6) is 0 Å². The van der Waals surface area contributed by atoms with Crippen molar-refractivity contribution in [3.8, 4) is 0 Å². The molecule has 0 radical (unpaired) electrons. The van der Waals surface area contributed by atoms with Crippen molar-refractivity contribution in [2.75, 3.05) is 7.11 Å². The number of ether oxygens (including phenoxy) is 1. The fourth-order valence-electron chi connectivity index (χ4n) is 1.47. The number of allylic oxidation sites excluding steroid dienone is 1. The summed E-state index contributed by atoms with van der Waals surface area (Å²) in [7, 11) is 1.39. The molecule has 92 valence electrons. The van der Waals surface area contributed by atoms with Crippen LogP contribution in [0.25, 0.3) is 0 Å². The molecule has 16 heavy (non-hydrogen) atoms. The molecule has 0 aromatic carbocycles. The van der Waals surface area contributed by atoms with Gasteiger partial charge in [-0.3, -0.25) is 4.79 Å². The molecular formula is C13H22O3. The lowest BCUT2D eigenvalue weighted by Gasteiger charge is -2.04. The van der Waals surface area contributed by atoms with E-state index in [-0.39, 0.29) is 5.97 Å². The zero-order chi connectivity index (χ0) is 12.2. The van der Waals surface area contributed by atoms with Crippen LogP contribution < -0.4 is 0 Å². The van der Waals surface area contributed by atoms with Gasteiger partial charge in [0.2, 0.25) is 0 Å². The molecule has 0 rings (SSSR count). The number of unbranched alkanes of at least 4 members (excludes halogenated alkanes) is 3. The summed E-state index contributed by atoms with van der Waals surface area (Å²) < 4.78 is 4.62. The number of esters is 1. The van der Waals surface area contributed by atoms with Crippen LogP contribution in [0.1, 0.15) is 51.9 Å². The molecule has 0 heterocycles. The number of carbonyl (C=O) groups excluding carboxylic acids is 2.